The third-order valence-corrected chi connectivity index (χ3v) is 3.54. The molecule has 0 fully saturated rings. The van der Waals surface area contributed by atoms with Gasteiger partial charge in [0.15, 0.2) is 0 Å². The van der Waals surface area contributed by atoms with E-state index in [1.54, 1.807) is 31.4 Å². The third kappa shape index (κ3) is 3.00. The van der Waals surface area contributed by atoms with E-state index in [4.69, 9.17) is 15.6 Å². The first-order valence-electron chi connectivity index (χ1n) is 5.95. The molecule has 0 bridgehead atoms. The summed E-state index contributed by atoms with van der Waals surface area (Å²) >= 11 is 3.41. The number of ether oxygens (including phenoxy) is 1. The van der Waals surface area contributed by atoms with Gasteiger partial charge in [-0.1, -0.05) is 28.1 Å². The van der Waals surface area contributed by atoms with Gasteiger partial charge in [0.2, 0.25) is 0 Å². The molecule has 20 heavy (non-hydrogen) atoms. The Labute approximate surface area is 125 Å². The quantitative estimate of drug-likeness (QED) is 0.899. The molecule has 0 amide bonds. The van der Waals surface area contributed by atoms with Crippen molar-refractivity contribution in [3.05, 3.63) is 63.6 Å². The summed E-state index contributed by atoms with van der Waals surface area (Å²) in [5.41, 5.74) is 8.14. The third-order valence-electron chi connectivity index (χ3n) is 3.04. The molecular formula is C15H14BrNO3. The first-order valence-corrected chi connectivity index (χ1v) is 6.74. The fourth-order valence-electron chi connectivity index (χ4n) is 1.96. The van der Waals surface area contributed by atoms with Crippen LogP contribution in [0.25, 0.3) is 0 Å². The topological polar surface area (TPSA) is 72.5 Å². The number of halogens is 1. The van der Waals surface area contributed by atoms with Gasteiger partial charge in [0.05, 0.1) is 18.7 Å². The second-order valence-electron chi connectivity index (χ2n) is 4.29. The van der Waals surface area contributed by atoms with E-state index in [1.165, 1.54) is 0 Å². The van der Waals surface area contributed by atoms with E-state index >= 15 is 0 Å². The van der Waals surface area contributed by atoms with E-state index < -0.39 is 5.97 Å². The molecule has 2 aromatic carbocycles. The van der Waals surface area contributed by atoms with Crippen molar-refractivity contribution in [1.29, 1.82) is 0 Å². The van der Waals surface area contributed by atoms with Crippen LogP contribution in [0, 0.1) is 0 Å². The lowest BCUT2D eigenvalue weighted by Gasteiger charge is -2.16. The van der Waals surface area contributed by atoms with Gasteiger partial charge in [-0.25, -0.2) is 4.79 Å². The number of rotatable bonds is 4. The minimum absolute atomic E-state index is 0.238. The molecule has 4 nitrogen and oxygen atoms in total. The van der Waals surface area contributed by atoms with Crippen LogP contribution in [0.3, 0.4) is 0 Å². The van der Waals surface area contributed by atoms with Gasteiger partial charge in [-0.2, -0.15) is 0 Å². The van der Waals surface area contributed by atoms with Crippen LogP contribution in [0.2, 0.25) is 0 Å². The van der Waals surface area contributed by atoms with Gasteiger partial charge >= 0.3 is 5.97 Å². The van der Waals surface area contributed by atoms with Crippen molar-refractivity contribution in [2.45, 2.75) is 6.04 Å². The number of carbonyl (C=O) groups is 1. The van der Waals surface area contributed by atoms with Crippen LogP contribution < -0.4 is 10.5 Å². The van der Waals surface area contributed by atoms with Crippen LogP contribution in [-0.4, -0.2) is 18.2 Å². The van der Waals surface area contributed by atoms with Gasteiger partial charge < -0.3 is 15.6 Å². The Morgan fingerprint density at radius 1 is 1.25 bits per heavy atom. The number of aromatic carboxylic acids is 1. The second-order valence-corrected chi connectivity index (χ2v) is 5.21. The number of hydrogen-bond acceptors (Lipinski definition) is 3. The summed E-state index contributed by atoms with van der Waals surface area (Å²) in [5, 5.41) is 8.89. The highest BCUT2D eigenvalue weighted by Gasteiger charge is 2.15. The Morgan fingerprint density at radius 2 is 1.90 bits per heavy atom. The van der Waals surface area contributed by atoms with Crippen LogP contribution >= 0.6 is 15.9 Å². The Bertz CT molecular complexity index is 626. The normalized spacial score (nSPS) is 11.9. The molecule has 0 aliphatic rings. The molecule has 0 heterocycles. The molecule has 0 aliphatic heterocycles. The van der Waals surface area contributed by atoms with E-state index in [2.05, 4.69) is 15.9 Å². The zero-order valence-corrected chi connectivity index (χ0v) is 12.4. The predicted octanol–water partition coefficient (Wildman–Crippen LogP) is 3.20. The molecular weight excluding hydrogens is 322 g/mol. The van der Waals surface area contributed by atoms with E-state index in [-0.39, 0.29) is 11.6 Å². The highest BCUT2D eigenvalue weighted by molar-refractivity contribution is 9.10. The van der Waals surface area contributed by atoms with Crippen LogP contribution in [0.4, 0.5) is 0 Å². The summed E-state index contributed by atoms with van der Waals surface area (Å²) < 4.78 is 6.22. The van der Waals surface area contributed by atoms with Crippen molar-refractivity contribution < 1.29 is 14.6 Å². The molecule has 5 heteroatoms. The molecule has 104 valence electrons. The lowest BCUT2D eigenvalue weighted by atomic mass is 9.98. The molecule has 0 radical (unpaired) electrons. The number of benzene rings is 2. The molecule has 0 aliphatic carbocycles. The predicted molar refractivity (Wildman–Crippen MR) is 80.1 cm³/mol. The Morgan fingerprint density at radius 3 is 2.45 bits per heavy atom. The summed E-state index contributed by atoms with van der Waals surface area (Å²) in [7, 11) is 1.59. The number of carboxylic acids is 1. The van der Waals surface area contributed by atoms with Crippen LogP contribution in [-0.2, 0) is 0 Å². The standard InChI is InChI=1S/C15H14BrNO3/c1-20-13-7-6-11(16)8-12(13)14(17)9-2-4-10(5-3-9)15(18)19/h2-8,14H,17H2,1H3,(H,18,19). The summed E-state index contributed by atoms with van der Waals surface area (Å²) in [5.74, 6) is -0.256. The van der Waals surface area contributed by atoms with Crippen molar-refractivity contribution in [2.24, 2.45) is 5.73 Å². The van der Waals surface area contributed by atoms with Crippen molar-refractivity contribution in [3.63, 3.8) is 0 Å². The fraction of sp³-hybridized carbons (Fsp3) is 0.133. The molecule has 1 atom stereocenters. The number of nitrogens with two attached hydrogens (primary N) is 1. The van der Waals surface area contributed by atoms with Crippen molar-refractivity contribution in [3.8, 4) is 5.75 Å². The molecule has 1 unspecified atom stereocenters. The average Bonchev–Trinajstić information content (AvgIpc) is 2.46. The van der Waals surface area contributed by atoms with Gasteiger partial charge in [-0.05, 0) is 35.9 Å². The molecule has 3 N–H and O–H groups in total. The van der Waals surface area contributed by atoms with E-state index in [0.717, 1.165) is 15.6 Å². The van der Waals surface area contributed by atoms with Gasteiger partial charge in [0.1, 0.15) is 5.75 Å². The van der Waals surface area contributed by atoms with Crippen LogP contribution in [0.15, 0.2) is 46.9 Å². The van der Waals surface area contributed by atoms with E-state index in [1.807, 2.05) is 18.2 Å². The molecule has 0 saturated carbocycles. The van der Waals surface area contributed by atoms with Crippen molar-refractivity contribution in [1.82, 2.24) is 0 Å². The molecule has 0 aromatic heterocycles. The maximum Gasteiger partial charge on any atom is 0.335 e. The highest BCUT2D eigenvalue weighted by atomic mass is 79.9. The SMILES string of the molecule is COc1ccc(Br)cc1C(N)c1ccc(C(=O)O)cc1. The van der Waals surface area contributed by atoms with Gasteiger partial charge in [0.25, 0.3) is 0 Å². The first-order chi connectivity index (χ1) is 9.52. The number of hydrogen-bond donors (Lipinski definition) is 2. The summed E-state index contributed by atoms with van der Waals surface area (Å²) in [6.07, 6.45) is 0. The molecule has 0 spiro atoms. The molecule has 2 rings (SSSR count). The molecule has 2 aromatic rings. The average molecular weight is 336 g/mol. The number of methoxy groups -OCH3 is 1. The monoisotopic (exact) mass is 335 g/mol. The second kappa shape index (κ2) is 6.07. The molecule has 0 saturated heterocycles. The Kier molecular flexibility index (Phi) is 4.42. The number of carboxylic acid groups (broad SMARTS) is 1. The summed E-state index contributed by atoms with van der Waals surface area (Å²) in [4.78, 5) is 10.8. The smallest absolute Gasteiger partial charge is 0.335 e. The van der Waals surface area contributed by atoms with E-state index in [9.17, 15) is 4.79 Å². The van der Waals surface area contributed by atoms with Crippen molar-refractivity contribution in [2.75, 3.05) is 7.11 Å². The van der Waals surface area contributed by atoms with Crippen LogP contribution in [0.5, 0.6) is 5.75 Å². The van der Waals surface area contributed by atoms with Gasteiger partial charge in [-0.3, -0.25) is 0 Å². The van der Waals surface area contributed by atoms with Gasteiger partial charge in [-0.15, -0.1) is 0 Å². The Balaban J connectivity index is 2.37. The largest absolute Gasteiger partial charge is 0.496 e. The van der Waals surface area contributed by atoms with Crippen molar-refractivity contribution >= 4 is 21.9 Å². The minimum Gasteiger partial charge on any atom is -0.496 e. The van der Waals surface area contributed by atoms with Crippen LogP contribution in [0.1, 0.15) is 27.5 Å². The maximum absolute atomic E-state index is 10.8. The summed E-state index contributed by atoms with van der Waals surface area (Å²) in [6, 6.07) is 11.7. The summed E-state index contributed by atoms with van der Waals surface area (Å²) in [6.45, 7) is 0. The van der Waals surface area contributed by atoms with Gasteiger partial charge in [0, 0.05) is 10.0 Å². The lowest BCUT2D eigenvalue weighted by Crippen LogP contribution is -2.13. The maximum atomic E-state index is 10.8. The highest BCUT2D eigenvalue weighted by Crippen LogP contribution is 2.31. The lowest BCUT2D eigenvalue weighted by molar-refractivity contribution is 0.0697. The van der Waals surface area contributed by atoms with E-state index in [0.29, 0.717) is 5.75 Å². The fourth-order valence-corrected chi connectivity index (χ4v) is 2.34. The Hall–Kier alpha value is -1.85. The minimum atomic E-state index is -0.954. The first kappa shape index (κ1) is 14.6. The zero-order valence-electron chi connectivity index (χ0n) is 10.8. The zero-order chi connectivity index (χ0) is 14.7.